The molecule has 0 spiro atoms. The Morgan fingerprint density at radius 3 is 2.39 bits per heavy atom. The fourth-order valence-electron chi connectivity index (χ4n) is 5.50. The number of amides is 1. The predicted molar refractivity (Wildman–Crippen MR) is 147 cm³/mol. The minimum absolute atomic E-state index is 0.0880. The molecule has 210 valence electrons. The van der Waals surface area contributed by atoms with Crippen molar-refractivity contribution in [2.45, 2.75) is 103 Å². The van der Waals surface area contributed by atoms with Gasteiger partial charge in [-0.05, 0) is 82.4 Å². The van der Waals surface area contributed by atoms with Crippen molar-refractivity contribution >= 4 is 11.6 Å². The van der Waals surface area contributed by atoms with Crippen LogP contribution < -0.4 is 10.6 Å². The third-order valence-corrected chi connectivity index (χ3v) is 7.68. The first kappa shape index (κ1) is 29.8. The van der Waals surface area contributed by atoms with E-state index in [4.69, 9.17) is 5.41 Å². The Balaban J connectivity index is 1.46. The van der Waals surface area contributed by atoms with Gasteiger partial charge in [-0.25, -0.2) is 0 Å². The summed E-state index contributed by atoms with van der Waals surface area (Å²) < 4.78 is 38.5. The average Bonchev–Trinajstić information content (AvgIpc) is 3.51. The van der Waals surface area contributed by atoms with Crippen LogP contribution >= 0.6 is 0 Å². The van der Waals surface area contributed by atoms with Gasteiger partial charge in [0.15, 0.2) is 0 Å². The monoisotopic (exact) mass is 532 g/mol. The first-order chi connectivity index (χ1) is 18.1. The molecule has 5 nitrogen and oxygen atoms in total. The van der Waals surface area contributed by atoms with Crippen LogP contribution in [0.5, 0.6) is 0 Å². The highest BCUT2D eigenvalue weighted by molar-refractivity contribution is 5.98. The molecular weight excluding hydrogens is 489 g/mol. The molecule has 0 saturated heterocycles. The van der Waals surface area contributed by atoms with E-state index in [0.717, 1.165) is 67.7 Å². The highest BCUT2D eigenvalue weighted by atomic mass is 19.4. The van der Waals surface area contributed by atoms with Crippen LogP contribution in [0.1, 0.15) is 102 Å². The molecule has 1 heterocycles. The minimum Gasteiger partial charge on any atom is -0.364 e. The van der Waals surface area contributed by atoms with Crippen LogP contribution in [0, 0.1) is 11.3 Å². The highest BCUT2D eigenvalue weighted by Crippen LogP contribution is 2.31. The summed E-state index contributed by atoms with van der Waals surface area (Å²) in [5, 5.41) is 14.5. The molecule has 1 amide bonds. The Kier molecular flexibility index (Phi) is 10.9. The van der Waals surface area contributed by atoms with Crippen molar-refractivity contribution in [2.75, 3.05) is 6.54 Å². The van der Waals surface area contributed by atoms with Gasteiger partial charge in [0.25, 0.3) is 0 Å². The molecular formula is C30H43F3N4O. The predicted octanol–water partition coefficient (Wildman–Crippen LogP) is 7.47. The van der Waals surface area contributed by atoms with Crippen molar-refractivity contribution < 1.29 is 18.0 Å². The van der Waals surface area contributed by atoms with E-state index in [9.17, 15) is 18.0 Å². The van der Waals surface area contributed by atoms with Gasteiger partial charge in [-0.15, -0.1) is 0 Å². The fraction of sp³-hybridized carbons (Fsp3) is 0.600. The van der Waals surface area contributed by atoms with Crippen molar-refractivity contribution in [1.82, 2.24) is 15.5 Å². The normalized spacial score (nSPS) is 19.1. The van der Waals surface area contributed by atoms with E-state index in [1.807, 2.05) is 6.92 Å². The number of alkyl halides is 3. The van der Waals surface area contributed by atoms with E-state index in [2.05, 4.69) is 34.6 Å². The quantitative estimate of drug-likeness (QED) is 0.182. The van der Waals surface area contributed by atoms with Gasteiger partial charge in [-0.1, -0.05) is 44.1 Å². The van der Waals surface area contributed by atoms with E-state index in [-0.39, 0.29) is 24.5 Å². The summed E-state index contributed by atoms with van der Waals surface area (Å²) in [5.41, 5.74) is 2.62. The second kappa shape index (κ2) is 13.9. The Morgan fingerprint density at radius 1 is 1.13 bits per heavy atom. The number of allylic oxidation sites excluding steroid dienone is 4. The zero-order valence-corrected chi connectivity index (χ0v) is 23.0. The number of halogens is 3. The zero-order valence-electron chi connectivity index (χ0n) is 23.0. The molecule has 3 rings (SSSR count). The molecule has 1 aromatic carbocycles. The number of hydrogen-bond donors (Lipinski definition) is 3. The van der Waals surface area contributed by atoms with Crippen molar-refractivity contribution in [3.05, 3.63) is 58.9 Å². The van der Waals surface area contributed by atoms with E-state index in [0.29, 0.717) is 11.6 Å². The van der Waals surface area contributed by atoms with Crippen LogP contribution in [0.4, 0.5) is 13.2 Å². The summed E-state index contributed by atoms with van der Waals surface area (Å²) in [6.07, 6.45) is 9.30. The van der Waals surface area contributed by atoms with Crippen LogP contribution in [0.15, 0.2) is 47.8 Å². The molecule has 0 bridgehead atoms. The molecule has 1 aromatic rings. The third-order valence-electron chi connectivity index (χ3n) is 7.68. The molecule has 38 heavy (non-hydrogen) atoms. The number of benzene rings is 1. The van der Waals surface area contributed by atoms with Gasteiger partial charge in [0.2, 0.25) is 5.91 Å². The van der Waals surface area contributed by atoms with Crippen molar-refractivity contribution in [2.24, 2.45) is 5.92 Å². The fourth-order valence-corrected chi connectivity index (χ4v) is 5.50. The SMILES string of the molecule is CCC(CC/C=C/CCC1=C(C)NC(c2ccc(C(F)(F)F)cc2)N1)N(CC1CCCC1)C(=O)CC(C)=N. The lowest BCUT2D eigenvalue weighted by Gasteiger charge is -2.33. The molecule has 2 atom stereocenters. The van der Waals surface area contributed by atoms with Gasteiger partial charge in [-0.3, -0.25) is 4.79 Å². The van der Waals surface area contributed by atoms with Crippen LogP contribution in [-0.2, 0) is 11.0 Å². The first-order valence-electron chi connectivity index (χ1n) is 14.0. The van der Waals surface area contributed by atoms with E-state index in [1.165, 1.54) is 37.8 Å². The van der Waals surface area contributed by atoms with Crippen molar-refractivity contribution in [3.8, 4) is 0 Å². The lowest BCUT2D eigenvalue weighted by Crippen LogP contribution is -2.43. The van der Waals surface area contributed by atoms with Gasteiger partial charge in [-0.2, -0.15) is 13.2 Å². The van der Waals surface area contributed by atoms with Gasteiger partial charge < -0.3 is 20.9 Å². The second-order valence-corrected chi connectivity index (χ2v) is 10.7. The maximum absolute atomic E-state index is 12.9. The lowest BCUT2D eigenvalue weighted by atomic mass is 10.0. The van der Waals surface area contributed by atoms with Gasteiger partial charge in [0, 0.05) is 29.7 Å². The van der Waals surface area contributed by atoms with Gasteiger partial charge >= 0.3 is 6.18 Å². The standard InChI is InChI=1S/C30H43F3N4O/c1-4-26(37(28(38)19-21(2)34)20-23-11-9-10-12-23)13-7-5-6-8-14-27-22(3)35-29(36-27)24-15-17-25(18-16-24)30(31,32)33/h5-6,15-18,23,26,29,34-36H,4,7-14,19-20H2,1-3H3/b6-5+,34-21?. The summed E-state index contributed by atoms with van der Waals surface area (Å²) in [6.45, 7) is 6.64. The topological polar surface area (TPSA) is 68.2 Å². The number of hydrogen-bond acceptors (Lipinski definition) is 4. The lowest BCUT2D eigenvalue weighted by molar-refractivity contribution is -0.137. The van der Waals surface area contributed by atoms with Crippen LogP contribution in [-0.4, -0.2) is 29.1 Å². The Bertz CT molecular complexity index is 994. The highest BCUT2D eigenvalue weighted by Gasteiger charge is 2.31. The van der Waals surface area contributed by atoms with Crippen LogP contribution in [0.2, 0.25) is 0 Å². The molecule has 1 aliphatic heterocycles. The summed E-state index contributed by atoms with van der Waals surface area (Å²) in [5.74, 6) is 0.676. The molecule has 1 fully saturated rings. The smallest absolute Gasteiger partial charge is 0.364 e. The minimum atomic E-state index is -4.33. The first-order valence-corrected chi connectivity index (χ1v) is 14.0. The van der Waals surface area contributed by atoms with Crippen LogP contribution in [0.25, 0.3) is 0 Å². The molecule has 8 heteroatoms. The number of nitrogens with one attached hydrogen (secondary N) is 3. The second-order valence-electron chi connectivity index (χ2n) is 10.7. The average molecular weight is 533 g/mol. The van der Waals surface area contributed by atoms with Crippen LogP contribution in [0.3, 0.4) is 0 Å². The van der Waals surface area contributed by atoms with Gasteiger partial charge in [0.05, 0.1) is 12.0 Å². The zero-order chi connectivity index (χ0) is 27.7. The van der Waals surface area contributed by atoms with Crippen molar-refractivity contribution in [1.29, 1.82) is 5.41 Å². The number of carbonyl (C=O) groups excluding carboxylic acids is 1. The summed E-state index contributed by atoms with van der Waals surface area (Å²) in [7, 11) is 0. The molecule has 2 aliphatic rings. The molecule has 3 N–H and O–H groups in total. The van der Waals surface area contributed by atoms with E-state index < -0.39 is 11.7 Å². The Labute approximate surface area is 225 Å². The summed E-state index contributed by atoms with van der Waals surface area (Å²) in [6, 6.07) is 5.46. The molecule has 0 radical (unpaired) electrons. The van der Waals surface area contributed by atoms with Crippen molar-refractivity contribution in [3.63, 3.8) is 0 Å². The Hall–Kier alpha value is -2.77. The third kappa shape index (κ3) is 8.63. The van der Waals surface area contributed by atoms with Gasteiger partial charge in [0.1, 0.15) is 6.17 Å². The number of carbonyl (C=O) groups is 1. The summed E-state index contributed by atoms with van der Waals surface area (Å²) >= 11 is 0. The number of nitrogens with zero attached hydrogens (tertiary/aromatic N) is 1. The van der Waals surface area contributed by atoms with E-state index in [1.54, 1.807) is 6.92 Å². The maximum Gasteiger partial charge on any atom is 0.416 e. The maximum atomic E-state index is 12.9. The number of rotatable bonds is 13. The molecule has 1 saturated carbocycles. The van der Waals surface area contributed by atoms with E-state index >= 15 is 0 Å². The molecule has 0 aromatic heterocycles. The molecule has 1 aliphatic carbocycles. The Morgan fingerprint density at radius 2 is 1.79 bits per heavy atom. The molecule has 2 unspecified atom stereocenters. The largest absolute Gasteiger partial charge is 0.416 e. The summed E-state index contributed by atoms with van der Waals surface area (Å²) in [4.78, 5) is 15.0.